The zero-order chi connectivity index (χ0) is 16.2. The average Bonchev–Trinajstić information content (AvgIpc) is 3.14. The maximum Gasteiger partial charge on any atom is 0.236 e. The Morgan fingerprint density at radius 2 is 2.17 bits per heavy atom. The van der Waals surface area contributed by atoms with Gasteiger partial charge >= 0.3 is 0 Å². The number of benzene rings is 1. The molecule has 5 nitrogen and oxygen atoms in total. The summed E-state index contributed by atoms with van der Waals surface area (Å²) in [6.45, 7) is 4.58. The van der Waals surface area contributed by atoms with Crippen molar-refractivity contribution in [2.24, 2.45) is 5.73 Å². The van der Waals surface area contributed by atoms with E-state index in [0.29, 0.717) is 0 Å². The van der Waals surface area contributed by atoms with Crippen molar-refractivity contribution in [3.63, 3.8) is 0 Å². The van der Waals surface area contributed by atoms with E-state index in [2.05, 4.69) is 24.4 Å². The minimum atomic E-state index is -0.456. The smallest absolute Gasteiger partial charge is 0.236 e. The molecular weight excluding hydrogens is 292 g/mol. The molecule has 1 heterocycles. The van der Waals surface area contributed by atoms with E-state index in [0.717, 1.165) is 30.9 Å². The van der Waals surface area contributed by atoms with E-state index in [1.165, 1.54) is 24.0 Å². The molecule has 3 N–H and O–H groups in total. The number of ether oxygens (including phenoxy) is 2. The highest BCUT2D eigenvalue weighted by Gasteiger charge is 2.53. The minimum absolute atomic E-state index is 0.0880. The summed E-state index contributed by atoms with van der Waals surface area (Å²) in [4.78, 5) is 11.6. The molecule has 1 spiro atoms. The van der Waals surface area contributed by atoms with Gasteiger partial charge in [-0.1, -0.05) is 6.07 Å². The summed E-state index contributed by atoms with van der Waals surface area (Å²) >= 11 is 0. The fraction of sp³-hybridized carbons (Fsp3) is 0.611. The quantitative estimate of drug-likeness (QED) is 0.888. The number of nitrogens with one attached hydrogen (secondary N) is 1. The maximum atomic E-state index is 11.6. The third-order valence-corrected chi connectivity index (χ3v) is 5.34. The van der Waals surface area contributed by atoms with Crippen LogP contribution in [0.3, 0.4) is 0 Å². The van der Waals surface area contributed by atoms with E-state index in [4.69, 9.17) is 15.2 Å². The van der Waals surface area contributed by atoms with Gasteiger partial charge in [0.1, 0.15) is 17.6 Å². The van der Waals surface area contributed by atoms with Crippen LogP contribution in [0.15, 0.2) is 12.1 Å². The summed E-state index contributed by atoms with van der Waals surface area (Å²) < 4.78 is 12.2. The second-order valence-corrected chi connectivity index (χ2v) is 7.36. The molecule has 0 saturated heterocycles. The number of rotatable bonds is 4. The third kappa shape index (κ3) is 2.47. The topological polar surface area (TPSA) is 73.6 Å². The van der Waals surface area contributed by atoms with Crippen LogP contribution in [0.5, 0.6) is 11.5 Å². The van der Waals surface area contributed by atoms with Crippen LogP contribution in [-0.2, 0) is 10.2 Å². The van der Waals surface area contributed by atoms with Crippen LogP contribution in [0.1, 0.15) is 43.7 Å². The van der Waals surface area contributed by atoms with Crippen LogP contribution in [0.4, 0.5) is 0 Å². The van der Waals surface area contributed by atoms with Crippen LogP contribution in [0, 0.1) is 6.92 Å². The lowest BCUT2D eigenvalue weighted by Gasteiger charge is -2.36. The maximum absolute atomic E-state index is 11.6. The molecule has 1 aromatic carbocycles. The number of carbonyl (C=O) groups is 1. The normalized spacial score (nSPS) is 27.6. The van der Waals surface area contributed by atoms with E-state index < -0.39 is 6.04 Å². The number of aryl methyl sites for hydroxylation is 1. The molecule has 4 rings (SSSR count). The Morgan fingerprint density at radius 1 is 1.43 bits per heavy atom. The molecule has 1 atom stereocenters. The number of hydrogen-bond acceptors (Lipinski definition) is 4. The predicted octanol–water partition coefficient (Wildman–Crippen LogP) is 1.79. The Kier molecular flexibility index (Phi) is 3.30. The Bertz CT molecular complexity index is 646. The molecule has 3 aliphatic rings. The van der Waals surface area contributed by atoms with Gasteiger partial charge in [-0.3, -0.25) is 4.79 Å². The van der Waals surface area contributed by atoms with Crippen molar-refractivity contribution in [3.05, 3.63) is 23.3 Å². The third-order valence-electron chi connectivity index (χ3n) is 5.34. The largest absolute Gasteiger partial charge is 0.492 e. The summed E-state index contributed by atoms with van der Waals surface area (Å²) in [5, 5.41) is 2.95. The van der Waals surface area contributed by atoms with E-state index in [9.17, 15) is 4.79 Å². The standard InChI is InChI=1S/C18H24N2O3/c1-10-3-4-14(15-16(10)22-9-18(15)5-6-18)23-13-7-12(8-13)20-17(21)11(2)19/h3-4,11-13H,5-9,19H2,1-2H3,(H,20,21)/t11-,12?,13?/m1/s1. The molecule has 0 radical (unpaired) electrons. The van der Waals surface area contributed by atoms with Gasteiger partial charge in [0, 0.05) is 29.9 Å². The summed E-state index contributed by atoms with van der Waals surface area (Å²) in [5.41, 5.74) is 8.25. The van der Waals surface area contributed by atoms with Gasteiger partial charge in [0.15, 0.2) is 0 Å². The first-order chi connectivity index (χ1) is 11.0. The molecule has 124 valence electrons. The lowest BCUT2D eigenvalue weighted by Crippen LogP contribution is -2.52. The van der Waals surface area contributed by atoms with Crippen molar-refractivity contribution in [2.45, 2.75) is 63.1 Å². The Balaban J connectivity index is 1.42. The molecule has 1 aromatic rings. The lowest BCUT2D eigenvalue weighted by atomic mass is 9.88. The highest BCUT2D eigenvalue weighted by molar-refractivity contribution is 5.81. The number of fused-ring (bicyclic) bond motifs is 2. The SMILES string of the molecule is Cc1ccc(OC2CC(NC(=O)[C@@H](C)N)C2)c2c1OCC21CC1. The van der Waals surface area contributed by atoms with Crippen molar-refractivity contribution < 1.29 is 14.3 Å². The van der Waals surface area contributed by atoms with Crippen LogP contribution >= 0.6 is 0 Å². The highest BCUT2D eigenvalue weighted by atomic mass is 16.5. The first-order valence-electron chi connectivity index (χ1n) is 8.48. The van der Waals surface area contributed by atoms with Crippen LogP contribution in [-0.4, -0.2) is 30.7 Å². The summed E-state index contributed by atoms with van der Waals surface area (Å²) in [7, 11) is 0. The summed E-state index contributed by atoms with van der Waals surface area (Å²) in [6, 6.07) is 3.88. The average molecular weight is 316 g/mol. The fourth-order valence-electron chi connectivity index (χ4n) is 3.57. The molecular formula is C18H24N2O3. The number of hydrogen-bond donors (Lipinski definition) is 2. The molecule has 0 aromatic heterocycles. The predicted molar refractivity (Wildman–Crippen MR) is 86.8 cm³/mol. The van der Waals surface area contributed by atoms with Gasteiger partial charge < -0.3 is 20.5 Å². The van der Waals surface area contributed by atoms with Gasteiger partial charge in [-0.25, -0.2) is 0 Å². The lowest BCUT2D eigenvalue weighted by molar-refractivity contribution is -0.123. The Hall–Kier alpha value is -1.75. The van der Waals surface area contributed by atoms with E-state index in [1.54, 1.807) is 6.92 Å². The molecule has 2 saturated carbocycles. The molecule has 2 aliphatic carbocycles. The molecule has 1 amide bonds. The van der Waals surface area contributed by atoms with E-state index in [-0.39, 0.29) is 23.5 Å². The highest BCUT2D eigenvalue weighted by Crippen LogP contribution is 2.59. The van der Waals surface area contributed by atoms with Gasteiger partial charge in [-0.05, 0) is 38.3 Å². The van der Waals surface area contributed by atoms with E-state index >= 15 is 0 Å². The zero-order valence-electron chi connectivity index (χ0n) is 13.7. The van der Waals surface area contributed by atoms with Crippen molar-refractivity contribution in [1.82, 2.24) is 5.32 Å². The molecule has 1 aliphatic heterocycles. The minimum Gasteiger partial charge on any atom is -0.492 e. The number of carbonyl (C=O) groups excluding carboxylic acids is 1. The van der Waals surface area contributed by atoms with Gasteiger partial charge in [0.25, 0.3) is 0 Å². The first-order valence-corrected chi connectivity index (χ1v) is 8.48. The van der Waals surface area contributed by atoms with Crippen molar-refractivity contribution in [2.75, 3.05) is 6.61 Å². The summed E-state index contributed by atoms with van der Waals surface area (Å²) in [6.07, 6.45) is 4.23. The molecule has 23 heavy (non-hydrogen) atoms. The van der Waals surface area contributed by atoms with Crippen LogP contribution in [0.25, 0.3) is 0 Å². The van der Waals surface area contributed by atoms with Crippen LogP contribution < -0.4 is 20.5 Å². The van der Waals surface area contributed by atoms with Crippen LogP contribution in [0.2, 0.25) is 0 Å². The Morgan fingerprint density at radius 3 is 2.83 bits per heavy atom. The molecule has 2 fully saturated rings. The van der Waals surface area contributed by atoms with Gasteiger partial charge in [0.05, 0.1) is 12.6 Å². The second kappa shape index (κ2) is 5.13. The van der Waals surface area contributed by atoms with Crippen molar-refractivity contribution in [1.29, 1.82) is 0 Å². The first kappa shape index (κ1) is 14.8. The van der Waals surface area contributed by atoms with Crippen molar-refractivity contribution >= 4 is 5.91 Å². The van der Waals surface area contributed by atoms with Gasteiger partial charge in [-0.15, -0.1) is 0 Å². The van der Waals surface area contributed by atoms with Crippen molar-refractivity contribution in [3.8, 4) is 11.5 Å². The monoisotopic (exact) mass is 316 g/mol. The molecule has 5 heteroatoms. The molecule has 0 unspecified atom stereocenters. The van der Waals surface area contributed by atoms with Gasteiger partial charge in [-0.2, -0.15) is 0 Å². The zero-order valence-corrected chi connectivity index (χ0v) is 13.7. The fourth-order valence-corrected chi connectivity index (χ4v) is 3.57. The molecule has 0 bridgehead atoms. The number of nitrogens with two attached hydrogens (primary N) is 1. The Labute approximate surface area is 136 Å². The second-order valence-electron chi connectivity index (χ2n) is 7.36. The van der Waals surface area contributed by atoms with Gasteiger partial charge in [0.2, 0.25) is 5.91 Å². The summed E-state index contributed by atoms with van der Waals surface area (Å²) in [5.74, 6) is 1.92. The number of amides is 1. The van der Waals surface area contributed by atoms with E-state index in [1.807, 2.05) is 0 Å².